The molecule has 0 saturated heterocycles. The number of benzene rings is 2. The second-order valence-corrected chi connectivity index (χ2v) is 5.62. The molecule has 0 unspecified atom stereocenters. The molecule has 6 heteroatoms. The molecule has 2 rings (SSSR count). The summed E-state index contributed by atoms with van der Waals surface area (Å²) in [7, 11) is 0. The standard InChI is InChI=1S/C20H23N3O3/c1-2-3-13-21-19(24)20(25)23-22-14-17-11-7-8-12-18(17)26-15-16-9-5-4-6-10-16/h4-12,14H,2-3,13,15H2,1H3,(H,21,24)(H,23,25)/b22-14-. The normalized spacial score (nSPS) is 10.5. The van der Waals surface area contributed by atoms with Gasteiger partial charge in [-0.3, -0.25) is 9.59 Å². The van der Waals surface area contributed by atoms with Gasteiger partial charge in [-0.15, -0.1) is 0 Å². The average molecular weight is 353 g/mol. The Hall–Kier alpha value is -3.15. The fraction of sp³-hybridized carbons (Fsp3) is 0.250. The molecule has 0 atom stereocenters. The lowest BCUT2D eigenvalue weighted by Gasteiger charge is -2.09. The molecule has 0 aliphatic heterocycles. The summed E-state index contributed by atoms with van der Waals surface area (Å²) in [6, 6.07) is 17.2. The molecule has 0 aliphatic carbocycles. The van der Waals surface area contributed by atoms with Crippen LogP contribution < -0.4 is 15.5 Å². The van der Waals surface area contributed by atoms with E-state index in [2.05, 4.69) is 15.8 Å². The lowest BCUT2D eigenvalue weighted by Crippen LogP contribution is -2.38. The highest BCUT2D eigenvalue weighted by Gasteiger charge is 2.11. The van der Waals surface area contributed by atoms with Gasteiger partial charge in [-0.05, 0) is 24.1 Å². The van der Waals surface area contributed by atoms with Gasteiger partial charge in [0, 0.05) is 12.1 Å². The number of carbonyl (C=O) groups is 2. The summed E-state index contributed by atoms with van der Waals surface area (Å²) in [5, 5.41) is 6.37. The largest absolute Gasteiger partial charge is 0.488 e. The predicted molar refractivity (Wildman–Crippen MR) is 101 cm³/mol. The smallest absolute Gasteiger partial charge is 0.329 e. The van der Waals surface area contributed by atoms with Gasteiger partial charge in [0.25, 0.3) is 0 Å². The Balaban J connectivity index is 1.89. The lowest BCUT2D eigenvalue weighted by atomic mass is 10.2. The van der Waals surface area contributed by atoms with Gasteiger partial charge in [0.05, 0.1) is 6.21 Å². The fourth-order valence-electron chi connectivity index (χ4n) is 2.12. The van der Waals surface area contributed by atoms with Crippen molar-refractivity contribution >= 4 is 18.0 Å². The summed E-state index contributed by atoms with van der Waals surface area (Å²) in [5.74, 6) is -0.842. The third kappa shape index (κ3) is 6.39. The van der Waals surface area contributed by atoms with Crippen molar-refractivity contribution in [3.8, 4) is 5.75 Å². The van der Waals surface area contributed by atoms with E-state index in [4.69, 9.17) is 4.74 Å². The molecule has 0 fully saturated rings. The molecule has 0 heterocycles. The number of carbonyl (C=O) groups excluding carboxylic acids is 2. The predicted octanol–water partition coefficient (Wildman–Crippen LogP) is 2.63. The topological polar surface area (TPSA) is 79.8 Å². The minimum Gasteiger partial charge on any atom is -0.488 e. The van der Waals surface area contributed by atoms with Crippen LogP contribution in [0.1, 0.15) is 30.9 Å². The van der Waals surface area contributed by atoms with Gasteiger partial charge in [-0.1, -0.05) is 55.8 Å². The van der Waals surface area contributed by atoms with E-state index < -0.39 is 11.8 Å². The third-order valence-corrected chi connectivity index (χ3v) is 3.55. The molecule has 0 aromatic heterocycles. The number of amides is 2. The number of ether oxygens (including phenoxy) is 1. The molecule has 2 aromatic carbocycles. The van der Waals surface area contributed by atoms with Gasteiger partial charge in [-0.2, -0.15) is 5.10 Å². The second-order valence-electron chi connectivity index (χ2n) is 5.62. The van der Waals surface area contributed by atoms with E-state index in [0.717, 1.165) is 18.4 Å². The number of para-hydroxylation sites is 1. The molecule has 0 bridgehead atoms. The number of nitrogens with zero attached hydrogens (tertiary/aromatic N) is 1. The van der Waals surface area contributed by atoms with Gasteiger partial charge >= 0.3 is 11.8 Å². The first-order chi connectivity index (χ1) is 12.7. The molecule has 2 N–H and O–H groups in total. The minimum absolute atomic E-state index is 0.428. The summed E-state index contributed by atoms with van der Waals surface area (Å²) in [4.78, 5) is 23.2. The van der Waals surface area contributed by atoms with Crippen molar-refractivity contribution in [1.82, 2.24) is 10.7 Å². The van der Waals surface area contributed by atoms with E-state index in [0.29, 0.717) is 24.5 Å². The van der Waals surface area contributed by atoms with E-state index in [9.17, 15) is 9.59 Å². The molecule has 0 aliphatic rings. The maximum atomic E-state index is 11.7. The van der Waals surface area contributed by atoms with E-state index >= 15 is 0 Å². The molecule has 6 nitrogen and oxygen atoms in total. The van der Waals surface area contributed by atoms with Crippen molar-refractivity contribution in [2.45, 2.75) is 26.4 Å². The molecule has 2 aromatic rings. The maximum Gasteiger partial charge on any atom is 0.329 e. The molecular formula is C20H23N3O3. The van der Waals surface area contributed by atoms with Crippen molar-refractivity contribution in [2.75, 3.05) is 6.54 Å². The first-order valence-electron chi connectivity index (χ1n) is 8.57. The zero-order valence-electron chi connectivity index (χ0n) is 14.8. The molecule has 2 amide bonds. The Labute approximate surface area is 153 Å². The van der Waals surface area contributed by atoms with Gasteiger partial charge in [-0.25, -0.2) is 5.43 Å². The number of hydrazone groups is 1. The van der Waals surface area contributed by atoms with Gasteiger partial charge in [0.1, 0.15) is 12.4 Å². The number of unbranched alkanes of at least 4 members (excludes halogenated alkanes) is 1. The van der Waals surface area contributed by atoms with Crippen LogP contribution in [0, 0.1) is 0 Å². The average Bonchev–Trinajstić information content (AvgIpc) is 2.68. The van der Waals surface area contributed by atoms with E-state index in [1.807, 2.05) is 61.5 Å². The van der Waals surface area contributed by atoms with Crippen LogP contribution in [0.5, 0.6) is 5.75 Å². The van der Waals surface area contributed by atoms with Crippen molar-refractivity contribution < 1.29 is 14.3 Å². The third-order valence-electron chi connectivity index (χ3n) is 3.55. The van der Waals surface area contributed by atoms with Crippen molar-refractivity contribution in [2.24, 2.45) is 5.10 Å². The van der Waals surface area contributed by atoms with Crippen LogP contribution in [0.25, 0.3) is 0 Å². The van der Waals surface area contributed by atoms with Crippen molar-refractivity contribution in [3.63, 3.8) is 0 Å². The zero-order chi connectivity index (χ0) is 18.6. The monoisotopic (exact) mass is 353 g/mol. The number of nitrogens with one attached hydrogen (secondary N) is 2. The highest BCUT2D eigenvalue weighted by molar-refractivity contribution is 6.35. The number of rotatable bonds is 8. The summed E-state index contributed by atoms with van der Waals surface area (Å²) < 4.78 is 5.81. The summed E-state index contributed by atoms with van der Waals surface area (Å²) in [6.07, 6.45) is 3.23. The van der Waals surface area contributed by atoms with E-state index in [-0.39, 0.29) is 0 Å². The van der Waals surface area contributed by atoms with Crippen LogP contribution in [0.2, 0.25) is 0 Å². The Morgan fingerprint density at radius 1 is 1.04 bits per heavy atom. The van der Waals surface area contributed by atoms with Crippen LogP contribution >= 0.6 is 0 Å². The summed E-state index contributed by atoms with van der Waals surface area (Å²) in [6.45, 7) is 2.91. The van der Waals surface area contributed by atoms with Crippen LogP contribution in [0.4, 0.5) is 0 Å². The first kappa shape index (κ1) is 19.2. The minimum atomic E-state index is -0.792. The quantitative estimate of drug-likeness (QED) is 0.331. The van der Waals surface area contributed by atoms with Gasteiger partial charge in [0.15, 0.2) is 0 Å². The number of hydrogen-bond donors (Lipinski definition) is 2. The molecule has 136 valence electrons. The molecule has 26 heavy (non-hydrogen) atoms. The SMILES string of the molecule is CCCCNC(=O)C(=O)N/N=C\c1ccccc1OCc1ccccc1. The van der Waals surface area contributed by atoms with Gasteiger partial charge < -0.3 is 10.1 Å². The molecule has 0 saturated carbocycles. The van der Waals surface area contributed by atoms with Crippen molar-refractivity contribution in [3.05, 3.63) is 65.7 Å². The first-order valence-corrected chi connectivity index (χ1v) is 8.57. The number of hydrogen-bond acceptors (Lipinski definition) is 4. The highest BCUT2D eigenvalue weighted by Crippen LogP contribution is 2.17. The Bertz CT molecular complexity index is 745. The fourth-order valence-corrected chi connectivity index (χ4v) is 2.12. The van der Waals surface area contributed by atoms with E-state index in [1.54, 1.807) is 0 Å². The Morgan fingerprint density at radius 3 is 2.54 bits per heavy atom. The molecule has 0 spiro atoms. The lowest BCUT2D eigenvalue weighted by molar-refractivity contribution is -0.139. The molecule has 0 radical (unpaired) electrons. The van der Waals surface area contributed by atoms with Crippen molar-refractivity contribution in [1.29, 1.82) is 0 Å². The van der Waals surface area contributed by atoms with Crippen LogP contribution in [0.3, 0.4) is 0 Å². The van der Waals surface area contributed by atoms with E-state index in [1.165, 1.54) is 6.21 Å². The zero-order valence-corrected chi connectivity index (χ0v) is 14.8. The Morgan fingerprint density at radius 2 is 1.77 bits per heavy atom. The van der Waals surface area contributed by atoms with Crippen LogP contribution in [-0.2, 0) is 16.2 Å². The summed E-state index contributed by atoms with van der Waals surface area (Å²) >= 11 is 0. The van der Waals surface area contributed by atoms with Crippen LogP contribution in [0.15, 0.2) is 59.7 Å². The summed E-state index contributed by atoms with van der Waals surface area (Å²) in [5.41, 5.74) is 3.98. The second kappa shape index (κ2) is 10.7. The molecular weight excluding hydrogens is 330 g/mol. The van der Waals surface area contributed by atoms with Gasteiger partial charge in [0.2, 0.25) is 0 Å². The Kier molecular flexibility index (Phi) is 7.86. The highest BCUT2D eigenvalue weighted by atomic mass is 16.5. The van der Waals surface area contributed by atoms with Crippen LogP contribution in [-0.4, -0.2) is 24.6 Å². The maximum absolute atomic E-state index is 11.7.